The van der Waals surface area contributed by atoms with Crippen LogP contribution in [0.3, 0.4) is 0 Å². The molecule has 0 atom stereocenters. The number of thiazole rings is 1. The summed E-state index contributed by atoms with van der Waals surface area (Å²) in [6.45, 7) is 4.55. The van der Waals surface area contributed by atoms with Crippen molar-refractivity contribution in [1.29, 1.82) is 0 Å². The highest BCUT2D eigenvalue weighted by atomic mass is 35.5. The van der Waals surface area contributed by atoms with E-state index < -0.39 is 0 Å². The van der Waals surface area contributed by atoms with E-state index in [4.69, 9.17) is 21.3 Å². The molecule has 0 unspecified atom stereocenters. The number of rotatable bonds is 5. The van der Waals surface area contributed by atoms with Crippen LogP contribution in [0.15, 0.2) is 60.7 Å². The lowest BCUT2D eigenvalue weighted by Gasteiger charge is -2.29. The van der Waals surface area contributed by atoms with Gasteiger partial charge in [-0.15, -0.1) is 0 Å². The minimum Gasteiger partial charge on any atom is -0.379 e. The van der Waals surface area contributed by atoms with Gasteiger partial charge in [0.25, 0.3) is 5.91 Å². The summed E-state index contributed by atoms with van der Waals surface area (Å²) in [5.74, 6) is -0.0470. The van der Waals surface area contributed by atoms with E-state index in [0.717, 1.165) is 53.8 Å². The van der Waals surface area contributed by atoms with Gasteiger partial charge in [-0.2, -0.15) is 0 Å². The van der Waals surface area contributed by atoms with Crippen LogP contribution in [-0.4, -0.2) is 55.2 Å². The molecule has 5 nitrogen and oxygen atoms in total. The number of amides is 1. The predicted molar refractivity (Wildman–Crippen MR) is 128 cm³/mol. The largest absolute Gasteiger partial charge is 0.379 e. The maximum Gasteiger partial charge on any atom is 0.260 e. The van der Waals surface area contributed by atoms with E-state index in [-0.39, 0.29) is 5.91 Å². The van der Waals surface area contributed by atoms with E-state index in [1.54, 1.807) is 4.90 Å². The number of hydrogen-bond donors (Lipinski definition) is 0. The Bertz CT molecular complexity index is 1240. The second kappa shape index (κ2) is 8.93. The van der Waals surface area contributed by atoms with E-state index in [1.165, 1.54) is 11.3 Å². The first kappa shape index (κ1) is 20.4. The van der Waals surface area contributed by atoms with Gasteiger partial charge in [0.1, 0.15) is 5.52 Å². The second-order valence-corrected chi connectivity index (χ2v) is 8.97. The molecule has 0 aliphatic carbocycles. The Labute approximate surface area is 189 Å². The molecule has 4 aromatic rings. The number of nitrogens with zero attached hydrogens (tertiary/aromatic N) is 3. The van der Waals surface area contributed by atoms with Crippen molar-refractivity contribution in [2.75, 3.05) is 44.3 Å². The maximum absolute atomic E-state index is 13.6. The highest BCUT2D eigenvalue weighted by molar-refractivity contribution is 7.22. The molecule has 7 heteroatoms. The number of fused-ring (bicyclic) bond motifs is 2. The minimum absolute atomic E-state index is 0.0470. The third-order valence-corrected chi connectivity index (χ3v) is 6.92. The number of hydrogen-bond acceptors (Lipinski definition) is 5. The molecular formula is C24H22ClN3O2S. The normalized spacial score (nSPS) is 14.9. The Balaban J connectivity index is 1.49. The van der Waals surface area contributed by atoms with E-state index >= 15 is 0 Å². The minimum atomic E-state index is -0.0470. The van der Waals surface area contributed by atoms with Crippen LogP contribution in [0.1, 0.15) is 10.4 Å². The van der Waals surface area contributed by atoms with Crippen molar-refractivity contribution in [3.05, 3.63) is 71.2 Å². The molecule has 1 aliphatic rings. The first-order valence-corrected chi connectivity index (χ1v) is 11.5. The fourth-order valence-corrected chi connectivity index (χ4v) is 5.14. The highest BCUT2D eigenvalue weighted by Gasteiger charge is 2.23. The molecule has 31 heavy (non-hydrogen) atoms. The van der Waals surface area contributed by atoms with Crippen molar-refractivity contribution in [2.24, 2.45) is 0 Å². The Morgan fingerprint density at radius 2 is 1.87 bits per heavy atom. The standard InChI is InChI=1S/C24H22ClN3O2S/c25-20-6-3-7-21-22(20)26-24(31-21)28(11-10-27-12-14-30-15-13-27)23(29)19-9-8-17-4-1-2-5-18(17)16-19/h1-9,16H,10-15H2. The number of morpholine rings is 1. The zero-order chi connectivity index (χ0) is 21.2. The molecule has 0 spiro atoms. The number of para-hydroxylation sites is 1. The molecule has 158 valence electrons. The van der Waals surface area contributed by atoms with Crippen molar-refractivity contribution < 1.29 is 9.53 Å². The molecule has 0 radical (unpaired) electrons. The van der Waals surface area contributed by atoms with Gasteiger partial charge in [0.05, 0.1) is 22.9 Å². The molecule has 1 aliphatic heterocycles. The van der Waals surface area contributed by atoms with Crippen molar-refractivity contribution in [2.45, 2.75) is 0 Å². The fourth-order valence-electron chi connectivity index (χ4n) is 3.85. The number of aromatic nitrogens is 1. The van der Waals surface area contributed by atoms with Crippen LogP contribution in [0.2, 0.25) is 5.02 Å². The molecule has 0 N–H and O–H groups in total. The third kappa shape index (κ3) is 4.29. The van der Waals surface area contributed by atoms with Gasteiger partial charge in [0.15, 0.2) is 5.13 Å². The molecule has 3 aromatic carbocycles. The van der Waals surface area contributed by atoms with Crippen molar-refractivity contribution >= 4 is 55.0 Å². The molecule has 1 fully saturated rings. The van der Waals surface area contributed by atoms with Crippen LogP contribution < -0.4 is 4.90 Å². The smallest absolute Gasteiger partial charge is 0.260 e. The summed E-state index contributed by atoms with van der Waals surface area (Å²) in [6.07, 6.45) is 0. The molecule has 1 saturated heterocycles. The Morgan fingerprint density at radius 1 is 1.06 bits per heavy atom. The van der Waals surface area contributed by atoms with Crippen LogP contribution in [-0.2, 0) is 4.74 Å². The van der Waals surface area contributed by atoms with Crippen molar-refractivity contribution in [1.82, 2.24) is 9.88 Å². The number of carbonyl (C=O) groups excluding carboxylic acids is 1. The molecule has 0 saturated carbocycles. The second-order valence-electron chi connectivity index (χ2n) is 7.56. The SMILES string of the molecule is O=C(c1ccc2ccccc2c1)N(CCN1CCOCC1)c1nc2c(Cl)cccc2s1. The van der Waals surface area contributed by atoms with Gasteiger partial charge in [0, 0.05) is 31.7 Å². The molecule has 2 heterocycles. The lowest BCUT2D eigenvalue weighted by atomic mass is 10.1. The summed E-state index contributed by atoms with van der Waals surface area (Å²) in [5, 5.41) is 3.44. The van der Waals surface area contributed by atoms with Gasteiger partial charge in [-0.25, -0.2) is 4.98 Å². The monoisotopic (exact) mass is 451 g/mol. The van der Waals surface area contributed by atoms with Gasteiger partial charge >= 0.3 is 0 Å². The van der Waals surface area contributed by atoms with E-state index in [2.05, 4.69) is 11.0 Å². The molecule has 5 rings (SSSR count). The zero-order valence-corrected chi connectivity index (χ0v) is 18.5. The zero-order valence-electron chi connectivity index (χ0n) is 17.0. The van der Waals surface area contributed by atoms with Gasteiger partial charge in [-0.3, -0.25) is 14.6 Å². The van der Waals surface area contributed by atoms with E-state index in [9.17, 15) is 4.79 Å². The van der Waals surface area contributed by atoms with Gasteiger partial charge in [-0.1, -0.05) is 59.3 Å². The Hall–Kier alpha value is -2.51. The van der Waals surface area contributed by atoms with Crippen LogP contribution in [0, 0.1) is 0 Å². The molecule has 0 bridgehead atoms. The molecule has 1 aromatic heterocycles. The van der Waals surface area contributed by atoms with Crippen LogP contribution in [0.5, 0.6) is 0 Å². The summed E-state index contributed by atoms with van der Waals surface area (Å²) in [6, 6.07) is 19.7. The van der Waals surface area contributed by atoms with Crippen LogP contribution in [0.4, 0.5) is 5.13 Å². The lowest BCUT2D eigenvalue weighted by Crippen LogP contribution is -2.43. The number of anilines is 1. The average molecular weight is 452 g/mol. The van der Waals surface area contributed by atoms with Crippen molar-refractivity contribution in [3.63, 3.8) is 0 Å². The summed E-state index contributed by atoms with van der Waals surface area (Å²) in [5.41, 5.74) is 1.40. The highest BCUT2D eigenvalue weighted by Crippen LogP contribution is 2.33. The number of ether oxygens (including phenoxy) is 1. The summed E-state index contributed by atoms with van der Waals surface area (Å²) in [4.78, 5) is 22.5. The predicted octanol–water partition coefficient (Wildman–Crippen LogP) is 5.08. The van der Waals surface area contributed by atoms with Crippen LogP contribution >= 0.6 is 22.9 Å². The average Bonchev–Trinajstić information content (AvgIpc) is 3.25. The van der Waals surface area contributed by atoms with E-state index in [0.29, 0.717) is 22.3 Å². The number of halogens is 1. The summed E-state index contributed by atoms with van der Waals surface area (Å²) < 4.78 is 6.43. The fraction of sp³-hybridized carbons (Fsp3) is 0.250. The van der Waals surface area contributed by atoms with Gasteiger partial charge in [0.2, 0.25) is 0 Å². The first-order chi connectivity index (χ1) is 15.2. The van der Waals surface area contributed by atoms with Gasteiger partial charge in [-0.05, 0) is 35.0 Å². The topological polar surface area (TPSA) is 45.7 Å². The Morgan fingerprint density at radius 3 is 2.68 bits per heavy atom. The van der Waals surface area contributed by atoms with Crippen molar-refractivity contribution in [3.8, 4) is 0 Å². The summed E-state index contributed by atoms with van der Waals surface area (Å²) in [7, 11) is 0. The first-order valence-electron chi connectivity index (χ1n) is 10.3. The van der Waals surface area contributed by atoms with E-state index in [1.807, 2.05) is 54.6 Å². The van der Waals surface area contributed by atoms with Crippen LogP contribution in [0.25, 0.3) is 21.0 Å². The quantitative estimate of drug-likeness (QED) is 0.424. The van der Waals surface area contributed by atoms with Gasteiger partial charge < -0.3 is 4.74 Å². The summed E-state index contributed by atoms with van der Waals surface area (Å²) >= 11 is 7.85. The number of benzene rings is 3. The molecule has 1 amide bonds. The molecular weight excluding hydrogens is 430 g/mol. The maximum atomic E-state index is 13.6. The third-order valence-electron chi connectivity index (χ3n) is 5.57. The number of carbonyl (C=O) groups is 1. The Kier molecular flexibility index (Phi) is 5.87. The lowest BCUT2D eigenvalue weighted by molar-refractivity contribution is 0.0391.